The number of hydrogen-bond acceptors (Lipinski definition) is 3. The van der Waals surface area contributed by atoms with Crippen LogP contribution in [-0.4, -0.2) is 19.8 Å². The van der Waals surface area contributed by atoms with E-state index in [2.05, 4.69) is 0 Å². The molecule has 0 bridgehead atoms. The summed E-state index contributed by atoms with van der Waals surface area (Å²) in [4.78, 5) is 0.550. The van der Waals surface area contributed by atoms with E-state index in [0.717, 1.165) is 33.4 Å². The van der Waals surface area contributed by atoms with Crippen molar-refractivity contribution in [3.63, 3.8) is 0 Å². The summed E-state index contributed by atoms with van der Waals surface area (Å²) in [6.45, 7) is 0.0980. The van der Waals surface area contributed by atoms with Gasteiger partial charge in [-0.05, 0) is 36.4 Å². The number of nitrogens with zero attached hydrogens (tertiary/aromatic N) is 1. The number of halogens is 4. The zero-order valence-corrected chi connectivity index (χ0v) is 13.7. The quantitative estimate of drug-likeness (QED) is 0.808. The smallest absolute Gasteiger partial charge is 0.207 e. The summed E-state index contributed by atoms with van der Waals surface area (Å²) >= 11 is 7.02. The van der Waals surface area contributed by atoms with E-state index in [0.29, 0.717) is 4.34 Å². The fourth-order valence-corrected chi connectivity index (χ4v) is 4.11. The molecule has 0 aliphatic heterocycles. The Morgan fingerprint density at radius 3 is 2.18 bits per heavy atom. The molecule has 0 aliphatic rings. The summed E-state index contributed by atoms with van der Waals surface area (Å²) in [6, 6.07) is 6.77. The molecule has 2 aromatic rings. The van der Waals surface area contributed by atoms with Crippen LogP contribution >= 0.6 is 22.9 Å². The molecule has 0 radical (unpaired) electrons. The Balaban J connectivity index is 2.22. The fourth-order valence-electron chi connectivity index (χ4n) is 1.74. The molecule has 0 saturated carbocycles. The Labute approximate surface area is 135 Å². The zero-order chi connectivity index (χ0) is 16.5. The van der Waals surface area contributed by atoms with E-state index in [9.17, 15) is 21.6 Å². The van der Waals surface area contributed by atoms with Crippen molar-refractivity contribution in [3.8, 4) is 0 Å². The standard InChI is InChI=1S/C13H11ClF3NO2S2/c1-18(8-10-4-7-12(14)21-10)22(19,20)11-5-2-9(3-6-11)13(15,16)17/h2-7H,8H2,1H3. The number of hydrogen-bond donors (Lipinski definition) is 0. The van der Waals surface area contributed by atoms with Crippen LogP contribution in [0, 0.1) is 0 Å². The third-order valence-corrected chi connectivity index (χ3v) is 5.93. The average Bonchev–Trinajstić information content (AvgIpc) is 2.83. The molecule has 1 aromatic heterocycles. The fraction of sp³-hybridized carbons (Fsp3) is 0.231. The lowest BCUT2D eigenvalue weighted by molar-refractivity contribution is -0.137. The molecule has 1 heterocycles. The highest BCUT2D eigenvalue weighted by atomic mass is 35.5. The van der Waals surface area contributed by atoms with Gasteiger partial charge in [0, 0.05) is 18.5 Å². The van der Waals surface area contributed by atoms with Crippen LogP contribution in [0.2, 0.25) is 4.34 Å². The van der Waals surface area contributed by atoms with Crippen molar-refractivity contribution >= 4 is 33.0 Å². The van der Waals surface area contributed by atoms with Gasteiger partial charge in [0.2, 0.25) is 10.0 Å². The van der Waals surface area contributed by atoms with Crippen molar-refractivity contribution in [2.45, 2.75) is 17.6 Å². The molecule has 0 atom stereocenters. The maximum atomic E-state index is 12.5. The van der Waals surface area contributed by atoms with Crippen LogP contribution in [0.3, 0.4) is 0 Å². The molecule has 2 rings (SSSR count). The molecule has 1 aromatic carbocycles. The predicted molar refractivity (Wildman–Crippen MR) is 79.4 cm³/mol. The number of sulfonamides is 1. The lowest BCUT2D eigenvalue weighted by atomic mass is 10.2. The van der Waals surface area contributed by atoms with E-state index in [1.54, 1.807) is 12.1 Å². The van der Waals surface area contributed by atoms with Gasteiger partial charge >= 0.3 is 6.18 Å². The van der Waals surface area contributed by atoms with Gasteiger partial charge in [0.15, 0.2) is 0 Å². The number of benzene rings is 1. The highest BCUT2D eigenvalue weighted by Crippen LogP contribution is 2.30. The molecule has 22 heavy (non-hydrogen) atoms. The third-order valence-electron chi connectivity index (χ3n) is 2.90. The Hall–Kier alpha value is -1.09. The first-order chi connectivity index (χ1) is 10.1. The largest absolute Gasteiger partial charge is 0.416 e. The van der Waals surface area contributed by atoms with E-state index in [4.69, 9.17) is 11.6 Å². The van der Waals surface area contributed by atoms with E-state index in [-0.39, 0.29) is 11.4 Å². The summed E-state index contributed by atoms with van der Waals surface area (Å²) in [5, 5.41) is 0. The zero-order valence-electron chi connectivity index (χ0n) is 11.3. The summed E-state index contributed by atoms with van der Waals surface area (Å²) in [5.41, 5.74) is -0.890. The Morgan fingerprint density at radius 1 is 1.14 bits per heavy atom. The van der Waals surface area contributed by atoms with Crippen molar-refractivity contribution in [1.82, 2.24) is 4.31 Å². The SMILES string of the molecule is CN(Cc1ccc(Cl)s1)S(=O)(=O)c1ccc(C(F)(F)F)cc1. The van der Waals surface area contributed by atoms with E-state index < -0.39 is 21.8 Å². The van der Waals surface area contributed by atoms with E-state index in [1.807, 2.05) is 0 Å². The Kier molecular flexibility index (Phi) is 4.86. The summed E-state index contributed by atoms with van der Waals surface area (Å²) in [6.07, 6.45) is -4.50. The van der Waals surface area contributed by atoms with E-state index in [1.165, 1.54) is 18.4 Å². The highest BCUT2D eigenvalue weighted by molar-refractivity contribution is 7.89. The molecule has 0 saturated heterocycles. The second kappa shape index (κ2) is 6.19. The van der Waals surface area contributed by atoms with Gasteiger partial charge in [0.25, 0.3) is 0 Å². The van der Waals surface area contributed by atoms with Crippen LogP contribution in [0.25, 0.3) is 0 Å². The number of rotatable bonds is 4. The second-order valence-corrected chi connectivity index (χ2v) is 8.33. The first-order valence-electron chi connectivity index (χ1n) is 5.98. The number of alkyl halides is 3. The highest BCUT2D eigenvalue weighted by Gasteiger charge is 2.31. The lowest BCUT2D eigenvalue weighted by Gasteiger charge is -2.17. The van der Waals surface area contributed by atoms with Crippen molar-refractivity contribution in [2.75, 3.05) is 7.05 Å². The van der Waals surface area contributed by atoms with Gasteiger partial charge in [-0.1, -0.05) is 11.6 Å². The molecule has 0 N–H and O–H groups in total. The molecule has 9 heteroatoms. The first-order valence-corrected chi connectivity index (χ1v) is 8.62. The maximum Gasteiger partial charge on any atom is 0.416 e. The lowest BCUT2D eigenvalue weighted by Crippen LogP contribution is -2.26. The van der Waals surface area contributed by atoms with Gasteiger partial charge in [-0.2, -0.15) is 17.5 Å². The van der Waals surface area contributed by atoms with Crippen LogP contribution < -0.4 is 0 Å². The first kappa shape index (κ1) is 17.3. The van der Waals surface area contributed by atoms with Gasteiger partial charge in [0.05, 0.1) is 14.8 Å². The minimum Gasteiger partial charge on any atom is -0.207 e. The Morgan fingerprint density at radius 2 is 1.73 bits per heavy atom. The maximum absolute atomic E-state index is 12.5. The predicted octanol–water partition coefficient (Wildman–Crippen LogP) is 4.24. The Bertz CT molecular complexity index is 754. The molecular weight excluding hydrogens is 359 g/mol. The molecule has 0 unspecified atom stereocenters. The molecule has 3 nitrogen and oxygen atoms in total. The van der Waals surface area contributed by atoms with Gasteiger partial charge in [0.1, 0.15) is 0 Å². The molecule has 0 spiro atoms. The van der Waals surface area contributed by atoms with Crippen molar-refractivity contribution in [1.29, 1.82) is 0 Å². The van der Waals surface area contributed by atoms with Crippen LogP contribution in [0.5, 0.6) is 0 Å². The molecule has 0 amide bonds. The van der Waals surface area contributed by atoms with Gasteiger partial charge in [-0.25, -0.2) is 8.42 Å². The summed E-state index contributed by atoms with van der Waals surface area (Å²) in [5.74, 6) is 0. The van der Waals surface area contributed by atoms with Crippen LogP contribution in [0.15, 0.2) is 41.3 Å². The van der Waals surface area contributed by atoms with Crippen molar-refractivity contribution in [2.24, 2.45) is 0 Å². The van der Waals surface area contributed by atoms with Crippen LogP contribution in [-0.2, 0) is 22.7 Å². The molecule has 0 aliphatic carbocycles. The summed E-state index contributed by atoms with van der Waals surface area (Å²) < 4.78 is 63.7. The van der Waals surface area contributed by atoms with Crippen LogP contribution in [0.4, 0.5) is 13.2 Å². The third kappa shape index (κ3) is 3.81. The topological polar surface area (TPSA) is 37.4 Å². The molecule has 120 valence electrons. The van der Waals surface area contributed by atoms with Gasteiger partial charge in [-0.15, -0.1) is 11.3 Å². The second-order valence-electron chi connectivity index (χ2n) is 4.49. The van der Waals surface area contributed by atoms with Crippen LogP contribution in [0.1, 0.15) is 10.4 Å². The van der Waals surface area contributed by atoms with Crippen molar-refractivity contribution < 1.29 is 21.6 Å². The monoisotopic (exact) mass is 369 g/mol. The minimum atomic E-state index is -4.50. The van der Waals surface area contributed by atoms with E-state index >= 15 is 0 Å². The summed E-state index contributed by atoms with van der Waals surface area (Å²) in [7, 11) is -2.50. The molecule has 0 fully saturated rings. The van der Waals surface area contributed by atoms with Gasteiger partial charge < -0.3 is 0 Å². The normalized spacial score (nSPS) is 12.8. The minimum absolute atomic E-state index is 0.0980. The average molecular weight is 370 g/mol. The molecular formula is C13H11ClF3NO2S2. The van der Waals surface area contributed by atoms with Crippen molar-refractivity contribution in [3.05, 3.63) is 51.2 Å². The number of thiophene rings is 1. The van der Waals surface area contributed by atoms with Gasteiger partial charge in [-0.3, -0.25) is 0 Å².